The molecule has 5 aromatic rings. The van der Waals surface area contributed by atoms with Crippen LogP contribution in [0.15, 0.2) is 80.5 Å². The van der Waals surface area contributed by atoms with Gasteiger partial charge in [0, 0.05) is 25.8 Å². The average molecular weight is 467 g/mol. The van der Waals surface area contributed by atoms with Gasteiger partial charge in [0.25, 0.3) is 0 Å². The van der Waals surface area contributed by atoms with E-state index in [1.807, 2.05) is 59.2 Å². The molecule has 0 unspecified atom stereocenters. The first kappa shape index (κ1) is 18.1. The van der Waals surface area contributed by atoms with Crippen molar-refractivity contribution in [2.45, 2.75) is 6.54 Å². The zero-order chi connectivity index (χ0) is 20.0. The maximum Gasteiger partial charge on any atom is 0.246 e. The standard InChI is InChI=1S/C22H13BrClN3O2/c23-14-7-10-19-17(11-14)21(28)16-3-1-2-4-18(16)27(19)12-20-25-22(26-29-20)13-5-8-15(24)9-6-13/h1-11H,12H2. The molecule has 0 saturated carbocycles. The molecule has 2 heterocycles. The summed E-state index contributed by atoms with van der Waals surface area (Å²) in [5, 5.41) is 6.02. The largest absolute Gasteiger partial charge is 0.337 e. The highest BCUT2D eigenvalue weighted by atomic mass is 79.9. The van der Waals surface area contributed by atoms with Crippen molar-refractivity contribution >= 4 is 49.3 Å². The Hall–Kier alpha value is -2.96. The lowest BCUT2D eigenvalue weighted by Gasteiger charge is -2.13. The van der Waals surface area contributed by atoms with E-state index in [0.29, 0.717) is 34.1 Å². The molecule has 7 heteroatoms. The van der Waals surface area contributed by atoms with Crippen molar-refractivity contribution < 1.29 is 4.52 Å². The topological polar surface area (TPSA) is 60.9 Å². The lowest BCUT2D eigenvalue weighted by atomic mass is 10.1. The molecule has 0 aliphatic rings. The molecule has 0 saturated heterocycles. The number of hydrogen-bond acceptors (Lipinski definition) is 4. The maximum absolute atomic E-state index is 13.0. The van der Waals surface area contributed by atoms with Gasteiger partial charge in [-0.1, -0.05) is 44.8 Å². The Kier molecular flexibility index (Phi) is 4.45. The number of nitrogens with zero attached hydrogens (tertiary/aromatic N) is 3. The number of para-hydroxylation sites is 1. The number of fused-ring (bicyclic) bond motifs is 2. The molecule has 3 aromatic carbocycles. The van der Waals surface area contributed by atoms with E-state index in [9.17, 15) is 4.79 Å². The summed E-state index contributed by atoms with van der Waals surface area (Å²) in [6.45, 7) is 0.347. The van der Waals surface area contributed by atoms with Crippen LogP contribution in [0.3, 0.4) is 0 Å². The van der Waals surface area contributed by atoms with Gasteiger partial charge in [-0.2, -0.15) is 4.98 Å². The van der Waals surface area contributed by atoms with Crippen LogP contribution in [-0.4, -0.2) is 14.7 Å². The van der Waals surface area contributed by atoms with Gasteiger partial charge in [0.05, 0.1) is 11.0 Å². The summed E-state index contributed by atoms with van der Waals surface area (Å²) in [4.78, 5) is 17.5. The summed E-state index contributed by atoms with van der Waals surface area (Å²) in [5.41, 5.74) is 2.45. The van der Waals surface area contributed by atoms with Crippen LogP contribution < -0.4 is 5.43 Å². The highest BCUT2D eigenvalue weighted by molar-refractivity contribution is 9.10. The summed E-state index contributed by atoms with van der Waals surface area (Å²) in [6, 6.07) is 20.5. The summed E-state index contributed by atoms with van der Waals surface area (Å²) < 4.78 is 8.38. The second-order valence-corrected chi connectivity index (χ2v) is 7.96. The monoisotopic (exact) mass is 465 g/mol. The third-order valence-electron chi connectivity index (χ3n) is 4.80. The van der Waals surface area contributed by atoms with Gasteiger partial charge in [-0.15, -0.1) is 0 Å². The molecule has 5 nitrogen and oxygen atoms in total. The van der Waals surface area contributed by atoms with Crippen LogP contribution in [0.1, 0.15) is 5.89 Å². The fourth-order valence-electron chi connectivity index (χ4n) is 3.44. The van der Waals surface area contributed by atoms with Gasteiger partial charge in [0.2, 0.25) is 11.7 Å². The Morgan fingerprint density at radius 3 is 2.55 bits per heavy atom. The van der Waals surface area contributed by atoms with Crippen molar-refractivity contribution in [3.8, 4) is 11.4 Å². The number of benzene rings is 3. The number of rotatable bonds is 3. The van der Waals surface area contributed by atoms with Gasteiger partial charge in [0.1, 0.15) is 6.54 Å². The van der Waals surface area contributed by atoms with Crippen molar-refractivity contribution in [1.29, 1.82) is 0 Å². The van der Waals surface area contributed by atoms with E-state index in [4.69, 9.17) is 16.1 Å². The van der Waals surface area contributed by atoms with E-state index in [1.54, 1.807) is 12.1 Å². The highest BCUT2D eigenvalue weighted by Crippen LogP contribution is 2.24. The van der Waals surface area contributed by atoms with Crippen molar-refractivity contribution in [3.05, 3.63) is 92.3 Å². The molecule has 0 atom stereocenters. The Balaban J connectivity index is 1.66. The summed E-state index contributed by atoms with van der Waals surface area (Å²) in [7, 11) is 0. The Morgan fingerprint density at radius 2 is 1.72 bits per heavy atom. The molecule has 142 valence electrons. The molecule has 0 amide bonds. The Labute approximate surface area is 178 Å². The molecule has 0 N–H and O–H groups in total. The van der Waals surface area contributed by atoms with E-state index in [-0.39, 0.29) is 5.43 Å². The minimum absolute atomic E-state index is 0.000493. The molecule has 0 aliphatic carbocycles. The van der Waals surface area contributed by atoms with E-state index in [1.165, 1.54) is 0 Å². The number of aromatic nitrogens is 3. The van der Waals surface area contributed by atoms with E-state index in [2.05, 4.69) is 26.1 Å². The molecular formula is C22H13BrClN3O2. The first-order valence-corrected chi connectivity index (χ1v) is 10.1. The van der Waals surface area contributed by atoms with E-state index < -0.39 is 0 Å². The van der Waals surface area contributed by atoms with Crippen molar-refractivity contribution in [1.82, 2.24) is 14.7 Å². The number of hydrogen-bond donors (Lipinski definition) is 0. The van der Waals surface area contributed by atoms with Crippen LogP contribution in [0.5, 0.6) is 0 Å². The molecule has 0 bridgehead atoms. The number of halogens is 2. The Morgan fingerprint density at radius 1 is 0.966 bits per heavy atom. The van der Waals surface area contributed by atoms with Crippen LogP contribution in [0.4, 0.5) is 0 Å². The van der Waals surface area contributed by atoms with Gasteiger partial charge < -0.3 is 9.09 Å². The summed E-state index contributed by atoms with van der Waals surface area (Å²) >= 11 is 9.41. The number of pyridine rings is 1. The fraction of sp³-hybridized carbons (Fsp3) is 0.0455. The SMILES string of the molecule is O=c1c2ccccc2n(Cc2nc(-c3ccc(Cl)cc3)no2)c2ccc(Br)cc12. The lowest BCUT2D eigenvalue weighted by molar-refractivity contribution is 0.374. The van der Waals surface area contributed by atoms with Crippen molar-refractivity contribution in [2.24, 2.45) is 0 Å². The summed E-state index contributed by atoms with van der Waals surface area (Å²) in [5.74, 6) is 0.946. The normalized spacial score (nSPS) is 11.4. The Bertz CT molecular complexity index is 1420. The van der Waals surface area contributed by atoms with Gasteiger partial charge in [-0.3, -0.25) is 4.79 Å². The average Bonchev–Trinajstić information content (AvgIpc) is 3.20. The fourth-order valence-corrected chi connectivity index (χ4v) is 3.93. The second-order valence-electron chi connectivity index (χ2n) is 6.61. The quantitative estimate of drug-likeness (QED) is 0.321. The molecule has 29 heavy (non-hydrogen) atoms. The van der Waals surface area contributed by atoms with E-state index >= 15 is 0 Å². The zero-order valence-electron chi connectivity index (χ0n) is 15.0. The maximum atomic E-state index is 13.0. The smallest absolute Gasteiger partial charge is 0.246 e. The molecule has 5 rings (SSSR count). The van der Waals surface area contributed by atoms with Gasteiger partial charge in [-0.05, 0) is 54.6 Å². The first-order chi connectivity index (χ1) is 14.1. The zero-order valence-corrected chi connectivity index (χ0v) is 17.3. The van der Waals surface area contributed by atoms with E-state index in [0.717, 1.165) is 21.1 Å². The van der Waals surface area contributed by atoms with Crippen LogP contribution in [0.25, 0.3) is 33.2 Å². The minimum atomic E-state index is 0.000493. The minimum Gasteiger partial charge on any atom is -0.337 e. The highest BCUT2D eigenvalue weighted by Gasteiger charge is 2.15. The van der Waals surface area contributed by atoms with Crippen LogP contribution >= 0.6 is 27.5 Å². The van der Waals surface area contributed by atoms with Crippen LogP contribution in [-0.2, 0) is 6.54 Å². The van der Waals surface area contributed by atoms with Gasteiger partial charge in [0.15, 0.2) is 5.43 Å². The van der Waals surface area contributed by atoms with Gasteiger partial charge in [-0.25, -0.2) is 0 Å². The lowest BCUT2D eigenvalue weighted by Crippen LogP contribution is -2.12. The molecular weight excluding hydrogens is 454 g/mol. The molecule has 2 aromatic heterocycles. The van der Waals surface area contributed by atoms with Crippen LogP contribution in [0, 0.1) is 0 Å². The van der Waals surface area contributed by atoms with Crippen molar-refractivity contribution in [3.63, 3.8) is 0 Å². The van der Waals surface area contributed by atoms with Crippen LogP contribution in [0.2, 0.25) is 5.02 Å². The first-order valence-electron chi connectivity index (χ1n) is 8.89. The molecule has 0 radical (unpaired) electrons. The third-order valence-corrected chi connectivity index (χ3v) is 5.54. The molecule has 0 aliphatic heterocycles. The molecule has 0 spiro atoms. The predicted molar refractivity (Wildman–Crippen MR) is 117 cm³/mol. The summed E-state index contributed by atoms with van der Waals surface area (Å²) in [6.07, 6.45) is 0. The molecule has 0 fully saturated rings. The predicted octanol–water partition coefficient (Wildman–Crippen LogP) is 5.67. The third kappa shape index (κ3) is 3.24. The van der Waals surface area contributed by atoms with Gasteiger partial charge >= 0.3 is 0 Å². The van der Waals surface area contributed by atoms with Crippen molar-refractivity contribution in [2.75, 3.05) is 0 Å². The second kappa shape index (κ2) is 7.13.